The molecule has 0 saturated carbocycles. The van der Waals surface area contributed by atoms with Crippen molar-refractivity contribution in [3.63, 3.8) is 0 Å². The van der Waals surface area contributed by atoms with Crippen molar-refractivity contribution in [2.24, 2.45) is 5.92 Å². The van der Waals surface area contributed by atoms with Crippen LogP contribution in [-0.2, 0) is 28.6 Å². The number of esters is 3. The SMILES string of the molecule is COC(=O)CC/C(C)=C/CC(C(=O)OC)C(=O)OC. The lowest BCUT2D eigenvalue weighted by molar-refractivity contribution is -0.158. The summed E-state index contributed by atoms with van der Waals surface area (Å²) in [6, 6.07) is 0. The summed E-state index contributed by atoms with van der Waals surface area (Å²) in [5.74, 6) is -2.54. The van der Waals surface area contributed by atoms with Crippen LogP contribution in [0.2, 0.25) is 0 Å². The minimum atomic E-state index is -0.969. The molecule has 0 N–H and O–H groups in total. The fourth-order valence-corrected chi connectivity index (χ4v) is 1.40. The Labute approximate surface area is 112 Å². The molecule has 0 fully saturated rings. The van der Waals surface area contributed by atoms with Gasteiger partial charge in [0.1, 0.15) is 0 Å². The Kier molecular flexibility index (Phi) is 8.24. The maximum atomic E-state index is 11.4. The number of carbonyl (C=O) groups is 3. The van der Waals surface area contributed by atoms with Crippen LogP contribution in [0.15, 0.2) is 11.6 Å². The first-order chi connectivity index (χ1) is 8.96. The second kappa shape index (κ2) is 9.13. The second-order valence-electron chi connectivity index (χ2n) is 3.96. The molecule has 6 nitrogen and oxygen atoms in total. The molecule has 0 saturated heterocycles. The first-order valence-electron chi connectivity index (χ1n) is 5.84. The van der Waals surface area contributed by atoms with Gasteiger partial charge in [-0.1, -0.05) is 11.6 Å². The average molecular weight is 272 g/mol. The van der Waals surface area contributed by atoms with Crippen LogP contribution in [0.1, 0.15) is 26.2 Å². The van der Waals surface area contributed by atoms with E-state index in [9.17, 15) is 14.4 Å². The second-order valence-corrected chi connectivity index (χ2v) is 3.96. The molecular formula is C13H20O6. The van der Waals surface area contributed by atoms with E-state index in [2.05, 4.69) is 14.2 Å². The van der Waals surface area contributed by atoms with E-state index >= 15 is 0 Å². The quantitative estimate of drug-likeness (QED) is 0.300. The molecule has 0 spiro atoms. The molecule has 108 valence electrons. The van der Waals surface area contributed by atoms with Crippen molar-refractivity contribution in [2.75, 3.05) is 21.3 Å². The first-order valence-corrected chi connectivity index (χ1v) is 5.84. The molecule has 0 aromatic heterocycles. The molecule has 0 aromatic rings. The van der Waals surface area contributed by atoms with Gasteiger partial charge in [0.25, 0.3) is 0 Å². The summed E-state index contributed by atoms with van der Waals surface area (Å²) in [6.45, 7) is 1.81. The monoisotopic (exact) mass is 272 g/mol. The van der Waals surface area contributed by atoms with Crippen LogP contribution in [0.5, 0.6) is 0 Å². The van der Waals surface area contributed by atoms with Gasteiger partial charge in [-0.15, -0.1) is 0 Å². The Morgan fingerprint density at radius 3 is 1.89 bits per heavy atom. The minimum Gasteiger partial charge on any atom is -0.469 e. The first kappa shape index (κ1) is 17.2. The number of allylic oxidation sites excluding steroid dienone is 2. The molecule has 6 heteroatoms. The van der Waals surface area contributed by atoms with Crippen molar-refractivity contribution in [2.45, 2.75) is 26.2 Å². The van der Waals surface area contributed by atoms with Crippen molar-refractivity contribution in [3.8, 4) is 0 Å². The predicted octanol–water partition coefficient (Wildman–Crippen LogP) is 1.24. The van der Waals surface area contributed by atoms with Crippen LogP contribution in [0.4, 0.5) is 0 Å². The summed E-state index contributed by atoms with van der Waals surface area (Å²) in [5.41, 5.74) is 0.892. The zero-order valence-electron chi connectivity index (χ0n) is 11.7. The van der Waals surface area contributed by atoms with Gasteiger partial charge in [-0.3, -0.25) is 14.4 Å². The fourth-order valence-electron chi connectivity index (χ4n) is 1.40. The summed E-state index contributed by atoms with van der Waals surface area (Å²) in [7, 11) is 3.75. The maximum Gasteiger partial charge on any atom is 0.320 e. The molecule has 0 aromatic carbocycles. The average Bonchev–Trinajstić information content (AvgIpc) is 2.43. The Morgan fingerprint density at radius 2 is 1.47 bits per heavy atom. The number of carbonyl (C=O) groups excluding carboxylic acids is 3. The van der Waals surface area contributed by atoms with Gasteiger partial charge in [-0.2, -0.15) is 0 Å². The van der Waals surface area contributed by atoms with Crippen LogP contribution >= 0.6 is 0 Å². The molecule has 0 bridgehead atoms. The Hall–Kier alpha value is -1.85. The van der Waals surface area contributed by atoms with Gasteiger partial charge in [-0.05, 0) is 19.8 Å². The Bertz CT molecular complexity index is 342. The smallest absolute Gasteiger partial charge is 0.320 e. The molecule has 0 radical (unpaired) electrons. The van der Waals surface area contributed by atoms with E-state index in [1.54, 1.807) is 6.08 Å². The Balaban J connectivity index is 4.47. The molecule has 0 aliphatic carbocycles. The standard InChI is InChI=1S/C13H20O6/c1-9(6-8-11(14)17-2)5-7-10(12(15)18-3)13(16)19-4/h5,10H,6-8H2,1-4H3/b9-5+. The van der Waals surface area contributed by atoms with Gasteiger partial charge < -0.3 is 14.2 Å². The molecule has 0 aliphatic rings. The van der Waals surface area contributed by atoms with Crippen molar-refractivity contribution in [3.05, 3.63) is 11.6 Å². The molecule has 0 unspecified atom stereocenters. The molecule has 0 amide bonds. The lowest BCUT2D eigenvalue weighted by atomic mass is 10.0. The van der Waals surface area contributed by atoms with Crippen LogP contribution in [0.25, 0.3) is 0 Å². The lowest BCUT2D eigenvalue weighted by Crippen LogP contribution is -2.26. The van der Waals surface area contributed by atoms with Crippen molar-refractivity contribution >= 4 is 17.9 Å². The molecule has 0 heterocycles. The summed E-state index contributed by atoms with van der Waals surface area (Å²) in [4.78, 5) is 33.8. The third-order valence-electron chi connectivity index (χ3n) is 2.62. The van der Waals surface area contributed by atoms with Crippen LogP contribution in [-0.4, -0.2) is 39.2 Å². The molecule has 0 rings (SSSR count). The van der Waals surface area contributed by atoms with E-state index in [-0.39, 0.29) is 18.8 Å². The largest absolute Gasteiger partial charge is 0.469 e. The third-order valence-corrected chi connectivity index (χ3v) is 2.62. The van der Waals surface area contributed by atoms with Crippen molar-refractivity contribution in [1.82, 2.24) is 0 Å². The van der Waals surface area contributed by atoms with E-state index < -0.39 is 17.9 Å². The number of ether oxygens (including phenoxy) is 3. The van der Waals surface area contributed by atoms with Crippen LogP contribution < -0.4 is 0 Å². The fraction of sp³-hybridized carbons (Fsp3) is 0.615. The van der Waals surface area contributed by atoms with Gasteiger partial charge in [-0.25, -0.2) is 0 Å². The summed E-state index contributed by atoms with van der Waals surface area (Å²) < 4.78 is 13.6. The number of hydrogen-bond donors (Lipinski definition) is 0. The molecule has 19 heavy (non-hydrogen) atoms. The van der Waals surface area contributed by atoms with E-state index in [0.717, 1.165) is 5.57 Å². The zero-order valence-corrected chi connectivity index (χ0v) is 11.7. The number of rotatable bonds is 7. The van der Waals surface area contributed by atoms with Gasteiger partial charge in [0.2, 0.25) is 0 Å². The van der Waals surface area contributed by atoms with Crippen molar-refractivity contribution in [1.29, 1.82) is 0 Å². The third kappa shape index (κ3) is 6.59. The molecule has 0 atom stereocenters. The minimum absolute atomic E-state index is 0.187. The predicted molar refractivity (Wildman–Crippen MR) is 67.1 cm³/mol. The van der Waals surface area contributed by atoms with Gasteiger partial charge >= 0.3 is 17.9 Å². The Morgan fingerprint density at radius 1 is 0.947 bits per heavy atom. The highest BCUT2D eigenvalue weighted by atomic mass is 16.5. The highest BCUT2D eigenvalue weighted by molar-refractivity contribution is 5.94. The molecule has 0 aliphatic heterocycles. The normalized spacial score (nSPS) is 11.1. The summed E-state index contributed by atoms with van der Waals surface area (Å²) in [5, 5.41) is 0. The number of methoxy groups -OCH3 is 3. The van der Waals surface area contributed by atoms with Crippen LogP contribution in [0.3, 0.4) is 0 Å². The van der Waals surface area contributed by atoms with Crippen molar-refractivity contribution < 1.29 is 28.6 Å². The van der Waals surface area contributed by atoms with E-state index in [1.807, 2.05) is 6.92 Å². The summed E-state index contributed by atoms with van der Waals surface area (Å²) in [6.07, 6.45) is 2.69. The van der Waals surface area contributed by atoms with Gasteiger partial charge in [0, 0.05) is 6.42 Å². The highest BCUT2D eigenvalue weighted by Gasteiger charge is 2.27. The topological polar surface area (TPSA) is 78.9 Å². The number of hydrogen-bond acceptors (Lipinski definition) is 6. The van der Waals surface area contributed by atoms with Gasteiger partial charge in [0.05, 0.1) is 21.3 Å². The summed E-state index contributed by atoms with van der Waals surface area (Å²) >= 11 is 0. The van der Waals surface area contributed by atoms with Gasteiger partial charge in [0.15, 0.2) is 5.92 Å². The van der Waals surface area contributed by atoms with Crippen LogP contribution in [0, 0.1) is 5.92 Å². The van der Waals surface area contributed by atoms with E-state index in [1.165, 1.54) is 21.3 Å². The maximum absolute atomic E-state index is 11.4. The van der Waals surface area contributed by atoms with E-state index in [4.69, 9.17) is 0 Å². The zero-order chi connectivity index (χ0) is 14.8. The van der Waals surface area contributed by atoms with E-state index in [0.29, 0.717) is 6.42 Å². The lowest BCUT2D eigenvalue weighted by Gasteiger charge is -2.10. The molecular weight excluding hydrogens is 252 g/mol. The highest BCUT2D eigenvalue weighted by Crippen LogP contribution is 2.13.